The average molecular weight is 431 g/mol. The van der Waals surface area contributed by atoms with Crippen LogP contribution in [-0.2, 0) is 20.8 Å². The van der Waals surface area contributed by atoms with Crippen LogP contribution in [0.25, 0.3) is 11.1 Å². The molecule has 4 rings (SSSR count). The molecule has 2 aliphatic heterocycles. The molecule has 0 unspecified atom stereocenters. The van der Waals surface area contributed by atoms with Crippen LogP contribution in [0.5, 0.6) is 0 Å². The van der Waals surface area contributed by atoms with Gasteiger partial charge in [0.05, 0.1) is 34.1 Å². The molecule has 1 atom stereocenters. The number of carbonyl (C=O) groups excluding carboxylic acids is 1. The summed E-state index contributed by atoms with van der Waals surface area (Å²) in [4.78, 5) is 18.4. The number of aromatic nitrogens is 2. The number of hydrogen-bond acceptors (Lipinski definition) is 6. The van der Waals surface area contributed by atoms with E-state index in [1.165, 1.54) is 6.92 Å². The fraction of sp³-hybridized carbons (Fsp3) is 0.611. The van der Waals surface area contributed by atoms with E-state index in [0.29, 0.717) is 32.4 Å². The van der Waals surface area contributed by atoms with E-state index in [2.05, 4.69) is 10.1 Å². The molecule has 2 fully saturated rings. The summed E-state index contributed by atoms with van der Waals surface area (Å²) < 4.78 is 68.8. The summed E-state index contributed by atoms with van der Waals surface area (Å²) in [6.07, 6.45) is -3.32. The Morgan fingerprint density at radius 1 is 1.24 bits per heavy atom. The van der Waals surface area contributed by atoms with Crippen molar-refractivity contribution in [1.82, 2.24) is 15.0 Å². The Balaban J connectivity index is 1.52. The molecule has 0 N–H and O–H groups in total. The molecule has 0 saturated carbocycles. The number of hydrogen-bond donors (Lipinski definition) is 0. The summed E-state index contributed by atoms with van der Waals surface area (Å²) in [7, 11) is -3.15. The van der Waals surface area contributed by atoms with Crippen molar-refractivity contribution < 1.29 is 30.9 Å². The predicted octanol–water partition coefficient (Wildman–Crippen LogP) is 2.69. The molecule has 2 aromatic heterocycles. The number of alkyl halides is 3. The van der Waals surface area contributed by atoms with Crippen molar-refractivity contribution in [2.24, 2.45) is 5.92 Å². The standard InChI is InChI=1S/C18H20F3N3O4S/c1-10-15-13(18(19,20)21)8-14(22-16(15)28-23-10)11-2-5-24(6-3-11)17(25)12-4-7-29(26,27)9-12/h8,11-12H,2-7,9H2,1H3/t12-/m1/s1. The molecule has 0 bridgehead atoms. The first kappa shape index (κ1) is 20.1. The molecule has 0 radical (unpaired) electrons. The molecule has 2 aliphatic rings. The summed E-state index contributed by atoms with van der Waals surface area (Å²) in [6, 6.07) is 1.05. The van der Waals surface area contributed by atoms with E-state index in [1.54, 1.807) is 4.90 Å². The average Bonchev–Trinajstić information content (AvgIpc) is 3.22. The molecular weight excluding hydrogens is 411 g/mol. The molecule has 4 heterocycles. The van der Waals surface area contributed by atoms with Gasteiger partial charge in [-0.1, -0.05) is 5.16 Å². The Labute approximate surface area is 165 Å². The third kappa shape index (κ3) is 3.84. The monoisotopic (exact) mass is 431 g/mol. The molecule has 158 valence electrons. The van der Waals surface area contributed by atoms with Gasteiger partial charge >= 0.3 is 6.18 Å². The van der Waals surface area contributed by atoms with E-state index in [-0.39, 0.29) is 45.8 Å². The van der Waals surface area contributed by atoms with E-state index in [4.69, 9.17) is 4.52 Å². The van der Waals surface area contributed by atoms with Crippen molar-refractivity contribution in [3.05, 3.63) is 23.0 Å². The van der Waals surface area contributed by atoms with Crippen molar-refractivity contribution in [1.29, 1.82) is 0 Å². The van der Waals surface area contributed by atoms with E-state index in [9.17, 15) is 26.4 Å². The third-order valence-electron chi connectivity index (χ3n) is 5.75. The SMILES string of the molecule is Cc1noc2nc(C3CCN(C(=O)[C@@H]4CCS(=O)(=O)C4)CC3)cc(C(F)(F)F)c12. The molecule has 0 aromatic carbocycles. The molecule has 0 aliphatic carbocycles. The first-order valence-electron chi connectivity index (χ1n) is 9.38. The van der Waals surface area contributed by atoms with Gasteiger partial charge in [0.2, 0.25) is 5.91 Å². The Kier molecular flexibility index (Phi) is 4.83. The number of aryl methyl sites for hydroxylation is 1. The van der Waals surface area contributed by atoms with Gasteiger partial charge in [0.15, 0.2) is 9.84 Å². The van der Waals surface area contributed by atoms with Crippen molar-refractivity contribution in [3.63, 3.8) is 0 Å². The predicted molar refractivity (Wildman–Crippen MR) is 96.9 cm³/mol. The lowest BCUT2D eigenvalue weighted by atomic mass is 9.91. The van der Waals surface area contributed by atoms with Crippen LogP contribution < -0.4 is 0 Å². The summed E-state index contributed by atoms with van der Waals surface area (Å²) in [5.74, 6) is -1.04. The molecule has 29 heavy (non-hydrogen) atoms. The van der Waals surface area contributed by atoms with Gasteiger partial charge in [-0.15, -0.1) is 0 Å². The van der Waals surface area contributed by atoms with Gasteiger partial charge < -0.3 is 9.42 Å². The number of carbonyl (C=O) groups is 1. The maximum absolute atomic E-state index is 13.5. The van der Waals surface area contributed by atoms with Crippen molar-refractivity contribution in [2.75, 3.05) is 24.6 Å². The first-order valence-corrected chi connectivity index (χ1v) is 11.2. The topological polar surface area (TPSA) is 93.4 Å². The van der Waals surface area contributed by atoms with Gasteiger partial charge in [-0.25, -0.2) is 13.4 Å². The molecule has 1 amide bonds. The maximum Gasteiger partial charge on any atom is 0.417 e. The number of halogens is 3. The Hall–Kier alpha value is -2.17. The van der Waals surface area contributed by atoms with E-state index < -0.39 is 27.5 Å². The number of sulfone groups is 1. The fourth-order valence-electron chi connectivity index (χ4n) is 4.19. The molecule has 0 spiro atoms. The van der Waals surface area contributed by atoms with Gasteiger partial charge in [-0.2, -0.15) is 13.2 Å². The second kappa shape index (κ2) is 6.96. The highest BCUT2D eigenvalue weighted by Gasteiger charge is 2.38. The minimum atomic E-state index is -4.56. The quantitative estimate of drug-likeness (QED) is 0.726. The van der Waals surface area contributed by atoms with Crippen LogP contribution in [0.3, 0.4) is 0 Å². The van der Waals surface area contributed by atoms with Gasteiger partial charge in [0.1, 0.15) is 0 Å². The highest BCUT2D eigenvalue weighted by Crippen LogP contribution is 2.39. The normalized spacial score (nSPS) is 23.0. The van der Waals surface area contributed by atoms with Crippen LogP contribution in [0.15, 0.2) is 10.6 Å². The van der Waals surface area contributed by atoms with Gasteiger partial charge in [-0.05, 0) is 32.3 Å². The van der Waals surface area contributed by atoms with Crippen LogP contribution in [0.1, 0.15) is 42.1 Å². The second-order valence-corrected chi connectivity index (χ2v) is 9.97. The Bertz CT molecular complexity index is 1060. The molecule has 2 aromatic rings. The lowest BCUT2D eigenvalue weighted by molar-refractivity contribution is -0.136. The number of nitrogens with zero attached hydrogens (tertiary/aromatic N) is 3. The third-order valence-corrected chi connectivity index (χ3v) is 7.52. The fourth-order valence-corrected chi connectivity index (χ4v) is 5.92. The smallest absolute Gasteiger partial charge is 0.342 e. The highest BCUT2D eigenvalue weighted by molar-refractivity contribution is 7.91. The minimum absolute atomic E-state index is 0.0284. The number of likely N-dealkylation sites (tertiary alicyclic amines) is 1. The van der Waals surface area contributed by atoms with Gasteiger partial charge in [0, 0.05) is 24.7 Å². The number of pyridine rings is 1. The molecule has 11 heteroatoms. The van der Waals surface area contributed by atoms with Crippen molar-refractivity contribution in [2.45, 2.75) is 38.3 Å². The molecule has 7 nitrogen and oxygen atoms in total. The second-order valence-electron chi connectivity index (χ2n) is 7.74. The first-order chi connectivity index (χ1) is 13.5. The lowest BCUT2D eigenvalue weighted by Gasteiger charge is -2.33. The lowest BCUT2D eigenvalue weighted by Crippen LogP contribution is -2.41. The summed E-state index contributed by atoms with van der Waals surface area (Å²) in [5.41, 5.74) is -0.539. The number of amides is 1. The van der Waals surface area contributed by atoms with Crippen molar-refractivity contribution >= 4 is 26.8 Å². The molecular formula is C18H20F3N3O4S. The zero-order chi connectivity index (χ0) is 21.0. The van der Waals surface area contributed by atoms with E-state index in [0.717, 1.165) is 6.07 Å². The zero-order valence-corrected chi connectivity index (χ0v) is 16.5. The Morgan fingerprint density at radius 2 is 1.93 bits per heavy atom. The van der Waals surface area contributed by atoms with E-state index in [1.807, 2.05) is 0 Å². The number of fused-ring (bicyclic) bond motifs is 1. The largest absolute Gasteiger partial charge is 0.417 e. The van der Waals surface area contributed by atoms with E-state index >= 15 is 0 Å². The van der Waals surface area contributed by atoms with Crippen LogP contribution >= 0.6 is 0 Å². The molecule has 2 saturated heterocycles. The van der Waals surface area contributed by atoms with Crippen LogP contribution in [0.4, 0.5) is 13.2 Å². The highest BCUT2D eigenvalue weighted by atomic mass is 32.2. The minimum Gasteiger partial charge on any atom is -0.342 e. The van der Waals surface area contributed by atoms with Crippen molar-refractivity contribution in [3.8, 4) is 0 Å². The summed E-state index contributed by atoms with van der Waals surface area (Å²) in [5, 5.41) is 3.48. The van der Waals surface area contributed by atoms with Crippen LogP contribution in [-0.4, -0.2) is 54.0 Å². The van der Waals surface area contributed by atoms with Crippen LogP contribution in [0, 0.1) is 12.8 Å². The van der Waals surface area contributed by atoms with Gasteiger partial charge in [-0.3, -0.25) is 4.79 Å². The summed E-state index contributed by atoms with van der Waals surface area (Å²) >= 11 is 0. The summed E-state index contributed by atoms with van der Waals surface area (Å²) in [6.45, 7) is 2.16. The number of piperidine rings is 1. The maximum atomic E-state index is 13.5. The number of rotatable bonds is 2. The van der Waals surface area contributed by atoms with Gasteiger partial charge in [0.25, 0.3) is 5.71 Å². The van der Waals surface area contributed by atoms with Crippen LogP contribution in [0.2, 0.25) is 0 Å². The Morgan fingerprint density at radius 3 is 2.52 bits per heavy atom. The zero-order valence-electron chi connectivity index (χ0n) is 15.7.